The summed E-state index contributed by atoms with van der Waals surface area (Å²) in [7, 11) is 0. The maximum absolute atomic E-state index is 8.83. The van der Waals surface area contributed by atoms with Crippen molar-refractivity contribution in [3.63, 3.8) is 0 Å². The highest BCUT2D eigenvalue weighted by molar-refractivity contribution is 5.73. The number of imidazole rings is 1. The molecule has 0 unspecified atom stereocenters. The Morgan fingerprint density at radius 1 is 1.30 bits per heavy atom. The Balaban J connectivity index is 2.27. The van der Waals surface area contributed by atoms with Gasteiger partial charge in [0.15, 0.2) is 5.65 Å². The van der Waals surface area contributed by atoms with Crippen LogP contribution in [0.2, 0.25) is 0 Å². The lowest BCUT2D eigenvalue weighted by Gasteiger charge is -2.09. The van der Waals surface area contributed by atoms with E-state index >= 15 is 0 Å². The van der Waals surface area contributed by atoms with Crippen LogP contribution in [0.5, 0.6) is 0 Å². The summed E-state index contributed by atoms with van der Waals surface area (Å²) >= 11 is 0. The van der Waals surface area contributed by atoms with Crippen LogP contribution >= 0.6 is 0 Å². The molecule has 0 aliphatic heterocycles. The molecule has 3 aromatic rings. The third-order valence-corrected chi connectivity index (χ3v) is 2.96. The summed E-state index contributed by atoms with van der Waals surface area (Å²) < 4.78 is 1.82. The molecule has 0 aliphatic rings. The summed E-state index contributed by atoms with van der Waals surface area (Å²) in [6.45, 7) is 1.86. The Kier molecular flexibility index (Phi) is 2.89. The van der Waals surface area contributed by atoms with Gasteiger partial charge < -0.3 is 5.73 Å². The highest BCUT2D eigenvalue weighted by Crippen LogP contribution is 2.21. The first-order chi connectivity index (χ1) is 9.70. The van der Waals surface area contributed by atoms with Crippen LogP contribution in [-0.2, 0) is 0 Å². The second kappa shape index (κ2) is 4.72. The van der Waals surface area contributed by atoms with Crippen LogP contribution in [0.3, 0.4) is 0 Å². The zero-order chi connectivity index (χ0) is 14.1. The molecule has 0 aromatic carbocycles. The van der Waals surface area contributed by atoms with Crippen molar-refractivity contribution < 1.29 is 0 Å². The fraction of sp³-hybridized carbons (Fsp3) is 0.143. The third-order valence-electron chi connectivity index (χ3n) is 2.96. The Morgan fingerprint density at radius 3 is 2.80 bits per heavy atom. The fourth-order valence-corrected chi connectivity index (χ4v) is 2.05. The largest absolute Gasteiger partial charge is 0.322 e. The van der Waals surface area contributed by atoms with E-state index in [2.05, 4.69) is 15.0 Å². The lowest BCUT2D eigenvalue weighted by Crippen LogP contribution is -2.13. The number of hydrogen-bond acceptors (Lipinski definition) is 5. The number of nitrogens with two attached hydrogens (primary N) is 1. The van der Waals surface area contributed by atoms with Crippen molar-refractivity contribution in [1.82, 2.24) is 19.5 Å². The Morgan fingerprint density at radius 2 is 2.15 bits per heavy atom. The van der Waals surface area contributed by atoms with Crippen molar-refractivity contribution >= 4 is 11.2 Å². The minimum absolute atomic E-state index is 0.248. The van der Waals surface area contributed by atoms with Gasteiger partial charge in [-0.3, -0.25) is 4.57 Å². The fourth-order valence-electron chi connectivity index (χ4n) is 2.05. The number of rotatable bonds is 2. The van der Waals surface area contributed by atoms with E-state index < -0.39 is 0 Å². The van der Waals surface area contributed by atoms with Crippen LogP contribution in [0.4, 0.5) is 0 Å². The molecule has 0 saturated carbocycles. The van der Waals surface area contributed by atoms with Gasteiger partial charge in [0.1, 0.15) is 23.2 Å². The van der Waals surface area contributed by atoms with Crippen molar-refractivity contribution in [2.45, 2.75) is 13.0 Å². The Labute approximate surface area is 115 Å². The molecule has 3 heterocycles. The van der Waals surface area contributed by atoms with Crippen LogP contribution < -0.4 is 5.73 Å². The lowest BCUT2D eigenvalue weighted by molar-refractivity contribution is 0.719. The molecule has 20 heavy (non-hydrogen) atoms. The van der Waals surface area contributed by atoms with Gasteiger partial charge in [-0.1, -0.05) is 0 Å². The smallest absolute Gasteiger partial charge is 0.165 e. The third kappa shape index (κ3) is 1.90. The molecule has 0 amide bonds. The molecule has 0 spiro atoms. The van der Waals surface area contributed by atoms with Gasteiger partial charge in [0, 0.05) is 12.4 Å². The summed E-state index contributed by atoms with van der Waals surface area (Å²) in [5.74, 6) is 1.34. The first-order valence-corrected chi connectivity index (χ1v) is 6.16. The quantitative estimate of drug-likeness (QED) is 0.760. The molecule has 0 aliphatic carbocycles. The standard InChI is InChI=1S/C14H12N6/c1-9(16)13-19-11-3-2-6-17-14(11)20(13)12-5-4-10(7-15)8-18-12/h2-6,8-9H,16H2,1H3/t9-/m0/s1. The molecular weight excluding hydrogens is 252 g/mol. The van der Waals surface area contributed by atoms with Crippen LogP contribution in [0.1, 0.15) is 24.4 Å². The van der Waals surface area contributed by atoms with E-state index in [1.807, 2.05) is 29.7 Å². The Bertz CT molecular complexity index is 795. The minimum atomic E-state index is -0.248. The number of fused-ring (bicyclic) bond motifs is 1. The van der Waals surface area contributed by atoms with Crippen molar-refractivity contribution in [1.29, 1.82) is 5.26 Å². The monoisotopic (exact) mass is 264 g/mol. The molecule has 1 atom stereocenters. The van der Waals surface area contributed by atoms with E-state index in [0.717, 1.165) is 5.52 Å². The van der Waals surface area contributed by atoms with Gasteiger partial charge in [-0.25, -0.2) is 15.0 Å². The maximum Gasteiger partial charge on any atom is 0.165 e. The number of nitrogens with zero attached hydrogens (tertiary/aromatic N) is 5. The Hall–Kier alpha value is -2.78. The first kappa shape index (κ1) is 12.3. The molecule has 0 radical (unpaired) electrons. The molecule has 98 valence electrons. The summed E-state index contributed by atoms with van der Waals surface area (Å²) in [5, 5.41) is 8.83. The van der Waals surface area contributed by atoms with Crippen molar-refractivity contribution in [3.8, 4) is 11.9 Å². The SMILES string of the molecule is C[C@H](N)c1nc2cccnc2n1-c1ccc(C#N)cn1. The normalized spacial score (nSPS) is 12.2. The molecule has 0 saturated heterocycles. The molecule has 6 nitrogen and oxygen atoms in total. The second-order valence-electron chi connectivity index (χ2n) is 4.46. The van der Waals surface area contributed by atoms with Crippen LogP contribution in [0.25, 0.3) is 17.0 Å². The van der Waals surface area contributed by atoms with Gasteiger partial charge in [0.2, 0.25) is 0 Å². The van der Waals surface area contributed by atoms with Gasteiger partial charge in [0.25, 0.3) is 0 Å². The van der Waals surface area contributed by atoms with Crippen molar-refractivity contribution in [2.75, 3.05) is 0 Å². The summed E-state index contributed by atoms with van der Waals surface area (Å²) in [6, 6.07) is 8.99. The van der Waals surface area contributed by atoms with E-state index in [4.69, 9.17) is 11.0 Å². The first-order valence-electron chi connectivity index (χ1n) is 6.16. The average molecular weight is 264 g/mol. The van der Waals surface area contributed by atoms with Gasteiger partial charge in [-0.05, 0) is 31.2 Å². The van der Waals surface area contributed by atoms with Crippen LogP contribution in [-0.4, -0.2) is 19.5 Å². The molecule has 2 N–H and O–H groups in total. The number of aromatic nitrogens is 4. The molecular formula is C14H12N6. The van der Waals surface area contributed by atoms with E-state index in [1.165, 1.54) is 6.20 Å². The summed E-state index contributed by atoms with van der Waals surface area (Å²) in [6.07, 6.45) is 3.23. The van der Waals surface area contributed by atoms with Crippen molar-refractivity contribution in [3.05, 3.63) is 48.0 Å². The van der Waals surface area contributed by atoms with E-state index in [-0.39, 0.29) is 6.04 Å². The zero-order valence-corrected chi connectivity index (χ0v) is 10.9. The van der Waals surface area contributed by atoms with Crippen LogP contribution in [0, 0.1) is 11.3 Å². The predicted molar refractivity (Wildman–Crippen MR) is 74.0 cm³/mol. The maximum atomic E-state index is 8.83. The zero-order valence-electron chi connectivity index (χ0n) is 10.9. The van der Waals surface area contributed by atoms with E-state index in [0.29, 0.717) is 22.9 Å². The summed E-state index contributed by atoms with van der Waals surface area (Å²) in [5.41, 5.74) is 7.96. The predicted octanol–water partition coefficient (Wildman–Crippen LogP) is 1.71. The topological polar surface area (TPSA) is 93.4 Å². The number of pyridine rings is 2. The molecule has 0 bridgehead atoms. The second-order valence-corrected chi connectivity index (χ2v) is 4.46. The molecule has 6 heteroatoms. The highest BCUT2D eigenvalue weighted by Gasteiger charge is 2.16. The van der Waals surface area contributed by atoms with E-state index in [1.54, 1.807) is 18.3 Å². The minimum Gasteiger partial charge on any atom is -0.322 e. The van der Waals surface area contributed by atoms with Gasteiger partial charge in [-0.2, -0.15) is 5.26 Å². The van der Waals surface area contributed by atoms with Crippen molar-refractivity contribution in [2.24, 2.45) is 5.73 Å². The number of nitriles is 1. The lowest BCUT2D eigenvalue weighted by atomic mass is 10.3. The van der Waals surface area contributed by atoms with E-state index in [9.17, 15) is 0 Å². The highest BCUT2D eigenvalue weighted by atomic mass is 15.2. The van der Waals surface area contributed by atoms with Crippen LogP contribution in [0.15, 0.2) is 36.7 Å². The number of hydrogen-bond donors (Lipinski definition) is 1. The molecule has 0 fully saturated rings. The molecule has 3 aromatic heterocycles. The van der Waals surface area contributed by atoms with Gasteiger partial charge >= 0.3 is 0 Å². The van der Waals surface area contributed by atoms with Gasteiger partial charge in [-0.15, -0.1) is 0 Å². The van der Waals surface area contributed by atoms with Gasteiger partial charge in [0.05, 0.1) is 11.6 Å². The summed E-state index contributed by atoms with van der Waals surface area (Å²) in [4.78, 5) is 13.1. The average Bonchev–Trinajstić information content (AvgIpc) is 2.87. The molecule has 3 rings (SSSR count).